The maximum atomic E-state index is 12.6. The first-order chi connectivity index (χ1) is 15.9. The molecule has 0 radical (unpaired) electrons. The minimum absolute atomic E-state index is 0.123. The highest BCUT2D eigenvalue weighted by Gasteiger charge is 2.20. The normalized spacial score (nSPS) is 10.8. The third-order valence-corrected chi connectivity index (χ3v) is 6.92. The number of hydrogen-bond acceptors (Lipinski definition) is 8. The number of thioether (sulfide) groups is 1. The van der Waals surface area contributed by atoms with E-state index < -0.39 is 5.97 Å². The zero-order chi connectivity index (χ0) is 23.8. The summed E-state index contributed by atoms with van der Waals surface area (Å²) in [6, 6.07) is 8.85. The molecule has 2 heterocycles. The van der Waals surface area contributed by atoms with Crippen LogP contribution >= 0.6 is 34.7 Å². The molecule has 0 saturated heterocycles. The number of hydrogen-bond donors (Lipinski definition) is 1. The molecule has 1 amide bonds. The monoisotopic (exact) mass is 508 g/mol. The van der Waals surface area contributed by atoms with Crippen molar-refractivity contribution in [3.8, 4) is 5.75 Å². The van der Waals surface area contributed by atoms with Gasteiger partial charge < -0.3 is 19.4 Å². The van der Waals surface area contributed by atoms with Gasteiger partial charge in [-0.1, -0.05) is 30.3 Å². The van der Waals surface area contributed by atoms with E-state index in [1.165, 1.54) is 23.1 Å². The van der Waals surface area contributed by atoms with E-state index in [2.05, 4.69) is 15.5 Å². The van der Waals surface area contributed by atoms with Crippen LogP contribution in [0, 0.1) is 0 Å². The van der Waals surface area contributed by atoms with Gasteiger partial charge in [0.25, 0.3) is 0 Å². The lowest BCUT2D eigenvalue weighted by molar-refractivity contribution is -0.113. The summed E-state index contributed by atoms with van der Waals surface area (Å²) in [7, 11) is 0. The summed E-state index contributed by atoms with van der Waals surface area (Å²) >= 11 is 8.55. The molecule has 0 aliphatic carbocycles. The van der Waals surface area contributed by atoms with Crippen LogP contribution in [0.15, 0.2) is 35.5 Å². The van der Waals surface area contributed by atoms with Crippen molar-refractivity contribution in [2.45, 2.75) is 45.5 Å². The first kappa shape index (κ1) is 25.1. The number of thiophene rings is 1. The van der Waals surface area contributed by atoms with E-state index in [9.17, 15) is 9.59 Å². The van der Waals surface area contributed by atoms with Gasteiger partial charge in [-0.3, -0.25) is 4.79 Å². The molecule has 3 aromatic rings. The summed E-state index contributed by atoms with van der Waals surface area (Å²) < 4.78 is 12.8. The fourth-order valence-corrected chi connectivity index (χ4v) is 4.84. The molecule has 3 rings (SSSR count). The predicted octanol–water partition coefficient (Wildman–Crippen LogP) is 5.06. The van der Waals surface area contributed by atoms with Gasteiger partial charge in [-0.2, -0.15) is 0 Å². The number of aryl methyl sites for hydroxylation is 1. The largest absolute Gasteiger partial charge is 0.486 e. The molecule has 0 atom stereocenters. The molecule has 0 saturated carbocycles. The molecule has 0 aliphatic heterocycles. The molecule has 2 aromatic heterocycles. The predicted molar refractivity (Wildman–Crippen MR) is 130 cm³/mol. The van der Waals surface area contributed by atoms with Crippen molar-refractivity contribution in [2.24, 2.45) is 0 Å². The van der Waals surface area contributed by atoms with Gasteiger partial charge in [-0.15, -0.1) is 21.5 Å². The summed E-state index contributed by atoms with van der Waals surface area (Å²) in [6.45, 7) is 6.87. The van der Waals surface area contributed by atoms with Crippen LogP contribution in [0.2, 0.25) is 5.02 Å². The molecule has 0 unspecified atom stereocenters. The maximum Gasteiger partial charge on any atom is 0.341 e. The molecule has 0 fully saturated rings. The first-order valence-electron chi connectivity index (χ1n) is 10.5. The molecular formula is C22H25ClN4O4S2. The van der Waals surface area contributed by atoms with E-state index in [4.69, 9.17) is 21.1 Å². The Morgan fingerprint density at radius 3 is 2.61 bits per heavy atom. The Labute approximate surface area is 205 Å². The van der Waals surface area contributed by atoms with Gasteiger partial charge in [-0.25, -0.2) is 4.79 Å². The Hall–Kier alpha value is -2.56. The summed E-state index contributed by atoms with van der Waals surface area (Å²) in [6.07, 6.45) is 0.766. The van der Waals surface area contributed by atoms with Gasteiger partial charge in [0.1, 0.15) is 17.4 Å². The van der Waals surface area contributed by atoms with Crippen molar-refractivity contribution in [2.75, 3.05) is 17.7 Å². The Morgan fingerprint density at radius 2 is 1.94 bits per heavy atom. The highest BCUT2D eigenvalue weighted by molar-refractivity contribution is 7.99. The Bertz CT molecular complexity index is 1100. The second-order valence-electron chi connectivity index (χ2n) is 6.75. The van der Waals surface area contributed by atoms with Crippen molar-refractivity contribution in [3.63, 3.8) is 0 Å². The molecule has 1 aromatic carbocycles. The van der Waals surface area contributed by atoms with Gasteiger partial charge in [0.05, 0.1) is 17.9 Å². The lowest BCUT2D eigenvalue weighted by atomic mass is 10.2. The number of anilines is 1. The third-order valence-electron chi connectivity index (χ3n) is 4.50. The lowest BCUT2D eigenvalue weighted by Gasteiger charge is -2.09. The van der Waals surface area contributed by atoms with Crippen LogP contribution in [0.25, 0.3) is 0 Å². The van der Waals surface area contributed by atoms with Crippen molar-refractivity contribution in [3.05, 3.63) is 51.6 Å². The summed E-state index contributed by atoms with van der Waals surface area (Å²) in [5.41, 5.74) is 0.385. The molecule has 0 aliphatic rings. The third kappa shape index (κ3) is 6.72. The summed E-state index contributed by atoms with van der Waals surface area (Å²) in [5.74, 6) is 0.786. The first-order valence-corrected chi connectivity index (χ1v) is 12.7. The lowest BCUT2D eigenvalue weighted by Crippen LogP contribution is -2.16. The number of esters is 1. The van der Waals surface area contributed by atoms with E-state index in [1.54, 1.807) is 37.3 Å². The molecular weight excluding hydrogens is 484 g/mol. The molecule has 0 spiro atoms. The van der Waals surface area contributed by atoms with Crippen LogP contribution in [0.5, 0.6) is 5.75 Å². The quantitative estimate of drug-likeness (QED) is 0.285. The van der Waals surface area contributed by atoms with Crippen molar-refractivity contribution < 1.29 is 19.1 Å². The number of nitrogens with zero attached hydrogens (tertiary/aromatic N) is 3. The van der Waals surface area contributed by atoms with E-state index in [1.807, 2.05) is 18.4 Å². The Balaban J connectivity index is 1.61. The second-order valence-corrected chi connectivity index (χ2v) is 9.27. The maximum absolute atomic E-state index is 12.6. The molecule has 33 heavy (non-hydrogen) atoms. The number of carbonyl (C=O) groups is 2. The van der Waals surface area contributed by atoms with Gasteiger partial charge in [0.15, 0.2) is 11.0 Å². The molecule has 0 bridgehead atoms. The molecule has 176 valence electrons. The zero-order valence-corrected chi connectivity index (χ0v) is 21.0. The van der Waals surface area contributed by atoms with Crippen LogP contribution in [0.4, 0.5) is 5.00 Å². The van der Waals surface area contributed by atoms with Gasteiger partial charge in [-0.05, 0) is 50.6 Å². The molecule has 11 heteroatoms. The highest BCUT2D eigenvalue weighted by Crippen LogP contribution is 2.30. The fourth-order valence-electron chi connectivity index (χ4n) is 2.89. The van der Waals surface area contributed by atoms with E-state index >= 15 is 0 Å². The van der Waals surface area contributed by atoms with Gasteiger partial charge in [0.2, 0.25) is 5.91 Å². The average molecular weight is 509 g/mol. The number of aromatic nitrogens is 3. The molecule has 8 nitrogen and oxygen atoms in total. The number of halogens is 1. The van der Waals surface area contributed by atoms with Crippen molar-refractivity contribution in [1.82, 2.24) is 14.8 Å². The van der Waals surface area contributed by atoms with E-state index in [0.717, 1.165) is 11.3 Å². The number of amides is 1. The van der Waals surface area contributed by atoms with Gasteiger partial charge in [0, 0.05) is 16.4 Å². The van der Waals surface area contributed by atoms with Gasteiger partial charge >= 0.3 is 5.97 Å². The van der Waals surface area contributed by atoms with Crippen molar-refractivity contribution >= 4 is 51.6 Å². The topological polar surface area (TPSA) is 95.3 Å². The van der Waals surface area contributed by atoms with E-state index in [0.29, 0.717) is 38.9 Å². The van der Waals surface area contributed by atoms with Crippen LogP contribution < -0.4 is 10.1 Å². The Morgan fingerprint density at radius 1 is 1.18 bits per heavy atom. The smallest absolute Gasteiger partial charge is 0.341 e. The highest BCUT2D eigenvalue weighted by atomic mass is 35.5. The van der Waals surface area contributed by atoms with Crippen LogP contribution in [-0.2, 0) is 29.1 Å². The standard InChI is InChI=1S/C22H25ClN4O4S2/c1-4-16-11-17(21(29)30-6-3)20(33-16)24-19(28)13-32-22-26-25-18(27(22)5-2)12-31-15-9-7-14(23)8-10-15/h7-11H,4-6,12-13H2,1-3H3,(H,24,28). The van der Waals surface area contributed by atoms with Crippen LogP contribution in [-0.4, -0.2) is 39.0 Å². The molecule has 1 N–H and O–H groups in total. The summed E-state index contributed by atoms with van der Waals surface area (Å²) in [5, 5.41) is 13.0. The van der Waals surface area contributed by atoms with E-state index in [-0.39, 0.29) is 24.9 Å². The SMILES string of the molecule is CCOC(=O)c1cc(CC)sc1NC(=O)CSc1nnc(COc2ccc(Cl)cc2)n1CC. The number of ether oxygens (including phenoxy) is 2. The number of benzene rings is 1. The van der Waals surface area contributed by atoms with Crippen LogP contribution in [0.1, 0.15) is 41.8 Å². The number of nitrogens with one attached hydrogen (secondary N) is 1. The van der Waals surface area contributed by atoms with Crippen LogP contribution in [0.3, 0.4) is 0 Å². The summed E-state index contributed by atoms with van der Waals surface area (Å²) in [4.78, 5) is 25.8. The van der Waals surface area contributed by atoms with Crippen molar-refractivity contribution in [1.29, 1.82) is 0 Å². The zero-order valence-electron chi connectivity index (χ0n) is 18.6. The number of carbonyl (C=O) groups excluding carboxylic acids is 2. The minimum atomic E-state index is -0.438. The second kappa shape index (κ2) is 12.1. The Kier molecular flexibility index (Phi) is 9.16. The number of rotatable bonds is 11. The fraction of sp³-hybridized carbons (Fsp3) is 0.364. The average Bonchev–Trinajstić information content (AvgIpc) is 3.40. The minimum Gasteiger partial charge on any atom is -0.486 e.